The van der Waals surface area contributed by atoms with E-state index in [0.29, 0.717) is 0 Å². The van der Waals surface area contributed by atoms with E-state index in [0.717, 1.165) is 44.2 Å². The molecule has 5 aromatic rings. The second-order valence-electron chi connectivity index (χ2n) is 6.93. The first kappa shape index (κ1) is 15.8. The van der Waals surface area contributed by atoms with Crippen LogP contribution < -0.4 is 4.90 Å². The van der Waals surface area contributed by atoms with E-state index in [1.165, 1.54) is 5.69 Å². The highest BCUT2D eigenvalue weighted by Gasteiger charge is 2.17. The van der Waals surface area contributed by atoms with Gasteiger partial charge in [0, 0.05) is 55.6 Å². The van der Waals surface area contributed by atoms with Gasteiger partial charge in [-0.25, -0.2) is 4.98 Å². The molecule has 0 N–H and O–H groups in total. The first-order valence-electron chi connectivity index (χ1n) is 8.91. The van der Waals surface area contributed by atoms with Crippen molar-refractivity contribution in [1.29, 1.82) is 0 Å². The lowest BCUT2D eigenvalue weighted by Gasteiger charge is -2.12. The van der Waals surface area contributed by atoms with E-state index < -0.39 is 0 Å². The van der Waals surface area contributed by atoms with Gasteiger partial charge in [-0.15, -0.1) is 0 Å². The average Bonchev–Trinajstić information content (AvgIpc) is 3.06. The molecule has 0 saturated heterocycles. The van der Waals surface area contributed by atoms with Crippen molar-refractivity contribution >= 4 is 38.5 Å². The molecule has 0 radical (unpaired) electrons. The third-order valence-electron chi connectivity index (χ3n) is 5.09. The van der Waals surface area contributed by atoms with Crippen LogP contribution in [-0.2, 0) is 7.05 Å². The van der Waals surface area contributed by atoms with Crippen molar-refractivity contribution in [3.63, 3.8) is 0 Å². The topological polar surface area (TPSA) is 46.8 Å². The zero-order valence-corrected chi connectivity index (χ0v) is 15.5. The maximum Gasteiger partial charge on any atom is 0.140 e. The number of nitrogens with zero attached hydrogens (tertiary/aromatic N) is 5. The van der Waals surface area contributed by atoms with Gasteiger partial charge < -0.3 is 9.47 Å². The van der Waals surface area contributed by atoms with E-state index in [4.69, 9.17) is 4.98 Å². The van der Waals surface area contributed by atoms with Crippen LogP contribution in [0.25, 0.3) is 44.2 Å². The molecule has 0 aliphatic rings. The number of anilines is 1. The summed E-state index contributed by atoms with van der Waals surface area (Å²) in [5, 5.41) is 2.11. The van der Waals surface area contributed by atoms with Crippen LogP contribution in [0.4, 0.5) is 5.69 Å². The monoisotopic (exact) mass is 353 g/mol. The fourth-order valence-corrected chi connectivity index (χ4v) is 3.73. The van der Waals surface area contributed by atoms with Crippen LogP contribution in [0.5, 0.6) is 0 Å². The fourth-order valence-electron chi connectivity index (χ4n) is 3.73. The van der Waals surface area contributed by atoms with E-state index >= 15 is 0 Å². The highest BCUT2D eigenvalue weighted by Crippen LogP contribution is 2.35. The lowest BCUT2D eigenvalue weighted by Crippen LogP contribution is -2.08. The molecule has 0 fully saturated rings. The van der Waals surface area contributed by atoms with Crippen molar-refractivity contribution in [3.05, 3.63) is 60.9 Å². The van der Waals surface area contributed by atoms with Gasteiger partial charge >= 0.3 is 0 Å². The molecule has 0 unspecified atom stereocenters. The van der Waals surface area contributed by atoms with Gasteiger partial charge in [0.15, 0.2) is 0 Å². The molecule has 0 aliphatic carbocycles. The number of rotatable bonds is 2. The van der Waals surface area contributed by atoms with Gasteiger partial charge in [0.2, 0.25) is 0 Å². The highest BCUT2D eigenvalue weighted by atomic mass is 15.1. The Morgan fingerprint density at radius 1 is 0.778 bits per heavy atom. The molecule has 5 rings (SSSR count). The Morgan fingerprint density at radius 2 is 1.41 bits per heavy atom. The number of hydrogen-bond acceptors (Lipinski definition) is 4. The third kappa shape index (κ3) is 2.28. The van der Waals surface area contributed by atoms with E-state index in [1.807, 2.05) is 38.6 Å². The lowest BCUT2D eigenvalue weighted by atomic mass is 10.1. The molecule has 0 spiro atoms. The van der Waals surface area contributed by atoms with E-state index in [9.17, 15) is 0 Å². The smallest absolute Gasteiger partial charge is 0.140 e. The molecule has 0 aliphatic heterocycles. The molecule has 5 nitrogen and oxygen atoms in total. The molecule has 0 bridgehead atoms. The Hall–Kier alpha value is -3.47. The number of imidazole rings is 1. The van der Waals surface area contributed by atoms with Crippen LogP contribution in [-0.4, -0.2) is 33.6 Å². The Bertz CT molecular complexity index is 1300. The number of aryl methyl sites for hydroxylation is 1. The van der Waals surface area contributed by atoms with Crippen LogP contribution in [0.15, 0.2) is 60.9 Å². The maximum absolute atomic E-state index is 5.02. The summed E-state index contributed by atoms with van der Waals surface area (Å²) < 4.78 is 2.16. The number of pyridine rings is 2. The number of fused-ring (bicyclic) bond motifs is 6. The van der Waals surface area contributed by atoms with Crippen molar-refractivity contribution in [3.8, 4) is 11.4 Å². The zero-order chi connectivity index (χ0) is 18.5. The van der Waals surface area contributed by atoms with E-state index in [-0.39, 0.29) is 0 Å². The number of benzene rings is 2. The van der Waals surface area contributed by atoms with Gasteiger partial charge in [0.1, 0.15) is 5.82 Å². The van der Waals surface area contributed by atoms with Crippen molar-refractivity contribution in [2.45, 2.75) is 0 Å². The highest BCUT2D eigenvalue weighted by molar-refractivity contribution is 6.21. The Labute approximate surface area is 156 Å². The SMILES string of the molecule is CN(C)c1ccc(-c2nc3c4cccnc4c4ncccc4c3n2C)cc1. The number of aromatic nitrogens is 4. The van der Waals surface area contributed by atoms with Gasteiger partial charge in [-0.2, -0.15) is 0 Å². The summed E-state index contributed by atoms with van der Waals surface area (Å²) >= 11 is 0. The van der Waals surface area contributed by atoms with Gasteiger partial charge in [-0.3, -0.25) is 9.97 Å². The molecular weight excluding hydrogens is 334 g/mol. The van der Waals surface area contributed by atoms with Gasteiger partial charge in [0.05, 0.1) is 22.1 Å². The Balaban J connectivity index is 1.87. The molecule has 2 aromatic carbocycles. The summed E-state index contributed by atoms with van der Waals surface area (Å²) in [7, 11) is 6.16. The summed E-state index contributed by atoms with van der Waals surface area (Å²) in [6.45, 7) is 0. The molecule has 132 valence electrons. The Kier molecular flexibility index (Phi) is 3.37. The van der Waals surface area contributed by atoms with E-state index in [1.54, 1.807) is 0 Å². The molecule has 3 heterocycles. The second kappa shape index (κ2) is 5.77. The van der Waals surface area contributed by atoms with Crippen LogP contribution in [0.2, 0.25) is 0 Å². The van der Waals surface area contributed by atoms with Crippen LogP contribution in [0.3, 0.4) is 0 Å². The molecule has 0 amide bonds. The van der Waals surface area contributed by atoms with Gasteiger partial charge in [-0.05, 0) is 48.5 Å². The third-order valence-corrected chi connectivity index (χ3v) is 5.09. The molecular formula is C22H19N5. The largest absolute Gasteiger partial charge is 0.378 e. The molecule has 27 heavy (non-hydrogen) atoms. The minimum atomic E-state index is 0.896. The van der Waals surface area contributed by atoms with Gasteiger partial charge in [0.25, 0.3) is 0 Å². The van der Waals surface area contributed by atoms with Crippen molar-refractivity contribution < 1.29 is 0 Å². The molecule has 3 aromatic heterocycles. The molecule has 0 atom stereocenters. The second-order valence-corrected chi connectivity index (χ2v) is 6.93. The molecule has 0 saturated carbocycles. The summed E-state index contributed by atoms with van der Waals surface area (Å²) in [6, 6.07) is 16.6. The van der Waals surface area contributed by atoms with Crippen LogP contribution in [0.1, 0.15) is 0 Å². The minimum absolute atomic E-state index is 0.896. The first-order valence-corrected chi connectivity index (χ1v) is 8.91. The molecule has 5 heteroatoms. The van der Waals surface area contributed by atoms with Crippen molar-refractivity contribution in [2.75, 3.05) is 19.0 Å². The summed E-state index contributed by atoms with van der Waals surface area (Å²) in [5.41, 5.74) is 6.12. The summed E-state index contributed by atoms with van der Waals surface area (Å²) in [5.74, 6) is 0.941. The van der Waals surface area contributed by atoms with Gasteiger partial charge in [-0.1, -0.05) is 0 Å². The predicted molar refractivity (Wildman–Crippen MR) is 111 cm³/mol. The van der Waals surface area contributed by atoms with Crippen LogP contribution in [0, 0.1) is 0 Å². The van der Waals surface area contributed by atoms with Crippen LogP contribution >= 0.6 is 0 Å². The Morgan fingerprint density at radius 3 is 2.07 bits per heavy atom. The minimum Gasteiger partial charge on any atom is -0.378 e. The average molecular weight is 353 g/mol. The van der Waals surface area contributed by atoms with E-state index in [2.05, 4.69) is 62.9 Å². The summed E-state index contributed by atoms with van der Waals surface area (Å²) in [6.07, 6.45) is 3.63. The quantitative estimate of drug-likeness (QED) is 0.441. The predicted octanol–water partition coefficient (Wildman–Crippen LogP) is 4.40. The maximum atomic E-state index is 5.02. The fraction of sp³-hybridized carbons (Fsp3) is 0.136. The summed E-state index contributed by atoms with van der Waals surface area (Å²) in [4.78, 5) is 16.3. The zero-order valence-electron chi connectivity index (χ0n) is 15.5. The number of hydrogen-bond donors (Lipinski definition) is 0. The van der Waals surface area contributed by atoms with Crippen molar-refractivity contribution in [1.82, 2.24) is 19.5 Å². The lowest BCUT2D eigenvalue weighted by molar-refractivity contribution is 0.962. The van der Waals surface area contributed by atoms with Crippen molar-refractivity contribution in [2.24, 2.45) is 7.05 Å². The normalized spacial score (nSPS) is 11.5. The standard InChI is InChI=1S/C22H19N5/c1-26(2)15-10-8-14(9-11-15)22-25-20-16-6-4-12-23-18(16)19-17(7-5-13-24-19)21(20)27(22)3/h4-13H,1-3H3. The first-order chi connectivity index (χ1) is 13.1.